The summed E-state index contributed by atoms with van der Waals surface area (Å²) in [6.07, 6.45) is 0.723. The van der Waals surface area contributed by atoms with Crippen molar-refractivity contribution in [2.45, 2.75) is 11.3 Å². The van der Waals surface area contributed by atoms with Gasteiger partial charge in [0, 0.05) is 11.4 Å². The molecule has 0 unspecified atom stereocenters. The first-order valence-corrected chi connectivity index (χ1v) is 7.32. The van der Waals surface area contributed by atoms with Gasteiger partial charge < -0.3 is 10.1 Å². The second-order valence-corrected chi connectivity index (χ2v) is 5.45. The maximum Gasteiger partial charge on any atom is 0.252 e. The Hall–Kier alpha value is -1.65. The van der Waals surface area contributed by atoms with Crippen molar-refractivity contribution in [2.75, 3.05) is 13.7 Å². The minimum Gasteiger partial charge on any atom is -0.497 e. The Morgan fingerprint density at radius 2 is 2.10 bits per heavy atom. The van der Waals surface area contributed by atoms with Gasteiger partial charge in [-0.15, -0.1) is 12.6 Å². The van der Waals surface area contributed by atoms with Crippen LogP contribution in [0.15, 0.2) is 47.4 Å². The van der Waals surface area contributed by atoms with Gasteiger partial charge >= 0.3 is 0 Å². The fraction of sp³-hybridized carbons (Fsp3) is 0.188. The zero-order valence-corrected chi connectivity index (χ0v) is 13.2. The Bertz CT molecular complexity index is 646. The molecule has 1 N–H and O–H groups in total. The summed E-state index contributed by atoms with van der Waals surface area (Å²) in [5.74, 6) is 0.614. The molecule has 5 heteroatoms. The lowest BCUT2D eigenvalue weighted by Crippen LogP contribution is -2.26. The van der Waals surface area contributed by atoms with E-state index in [1.807, 2.05) is 24.3 Å². The number of methoxy groups -OCH3 is 1. The molecule has 0 aliphatic carbocycles. The van der Waals surface area contributed by atoms with E-state index >= 15 is 0 Å². The molecule has 0 aromatic heterocycles. The van der Waals surface area contributed by atoms with Crippen molar-refractivity contribution in [1.82, 2.24) is 5.32 Å². The third kappa shape index (κ3) is 4.41. The van der Waals surface area contributed by atoms with E-state index in [0.717, 1.165) is 17.7 Å². The number of rotatable bonds is 5. The summed E-state index contributed by atoms with van der Waals surface area (Å²) in [6, 6.07) is 12.8. The SMILES string of the molecule is COc1cccc(CCNC(=O)c2cc(S)ccc2Cl)c1. The number of halogens is 1. The van der Waals surface area contributed by atoms with Crippen LogP contribution < -0.4 is 10.1 Å². The van der Waals surface area contributed by atoms with Gasteiger partial charge in [0.1, 0.15) is 5.75 Å². The van der Waals surface area contributed by atoms with Crippen LogP contribution in [-0.2, 0) is 6.42 Å². The highest BCUT2D eigenvalue weighted by Gasteiger charge is 2.10. The van der Waals surface area contributed by atoms with Gasteiger partial charge in [-0.3, -0.25) is 4.79 Å². The molecule has 1 amide bonds. The zero-order valence-electron chi connectivity index (χ0n) is 11.6. The summed E-state index contributed by atoms with van der Waals surface area (Å²) < 4.78 is 5.17. The molecule has 3 nitrogen and oxygen atoms in total. The van der Waals surface area contributed by atoms with E-state index in [4.69, 9.17) is 16.3 Å². The summed E-state index contributed by atoms with van der Waals surface area (Å²) in [6.45, 7) is 0.527. The lowest BCUT2D eigenvalue weighted by atomic mass is 10.1. The van der Waals surface area contributed by atoms with E-state index in [1.165, 1.54) is 0 Å². The number of amides is 1. The molecular weight excluding hydrogens is 306 g/mol. The van der Waals surface area contributed by atoms with Crippen LogP contribution in [0.3, 0.4) is 0 Å². The van der Waals surface area contributed by atoms with Gasteiger partial charge in [-0.1, -0.05) is 23.7 Å². The summed E-state index contributed by atoms with van der Waals surface area (Å²) in [5, 5.41) is 3.28. The van der Waals surface area contributed by atoms with E-state index in [9.17, 15) is 4.79 Å². The number of carbonyl (C=O) groups is 1. The number of ether oxygens (including phenoxy) is 1. The molecule has 2 aromatic carbocycles. The first-order valence-electron chi connectivity index (χ1n) is 6.50. The third-order valence-corrected chi connectivity index (χ3v) is 3.64. The van der Waals surface area contributed by atoms with E-state index in [2.05, 4.69) is 17.9 Å². The van der Waals surface area contributed by atoms with E-state index in [0.29, 0.717) is 22.0 Å². The van der Waals surface area contributed by atoms with Crippen molar-refractivity contribution < 1.29 is 9.53 Å². The number of hydrogen-bond acceptors (Lipinski definition) is 3. The number of nitrogens with one attached hydrogen (secondary N) is 1. The molecule has 0 bridgehead atoms. The van der Waals surface area contributed by atoms with Crippen LogP contribution in [0.5, 0.6) is 5.75 Å². The fourth-order valence-electron chi connectivity index (χ4n) is 1.93. The molecule has 0 saturated carbocycles. The first-order chi connectivity index (χ1) is 10.1. The summed E-state index contributed by atoms with van der Waals surface area (Å²) in [4.78, 5) is 12.8. The third-order valence-electron chi connectivity index (χ3n) is 3.03. The van der Waals surface area contributed by atoms with Crippen LogP contribution in [0.4, 0.5) is 0 Å². The topological polar surface area (TPSA) is 38.3 Å². The van der Waals surface area contributed by atoms with Crippen molar-refractivity contribution in [3.05, 3.63) is 58.6 Å². The van der Waals surface area contributed by atoms with Crippen LogP contribution >= 0.6 is 24.2 Å². The zero-order chi connectivity index (χ0) is 15.2. The molecule has 0 heterocycles. The molecule has 0 saturated heterocycles. The lowest BCUT2D eigenvalue weighted by Gasteiger charge is -2.08. The molecule has 0 radical (unpaired) electrons. The largest absolute Gasteiger partial charge is 0.497 e. The van der Waals surface area contributed by atoms with Gasteiger partial charge in [0.05, 0.1) is 17.7 Å². The number of carbonyl (C=O) groups excluding carboxylic acids is 1. The monoisotopic (exact) mass is 321 g/mol. The Morgan fingerprint density at radius 3 is 2.86 bits per heavy atom. The van der Waals surface area contributed by atoms with Gasteiger partial charge in [0.15, 0.2) is 0 Å². The molecule has 2 aromatic rings. The first kappa shape index (κ1) is 15.7. The number of benzene rings is 2. The Morgan fingerprint density at radius 1 is 1.29 bits per heavy atom. The molecule has 2 rings (SSSR count). The van der Waals surface area contributed by atoms with Crippen LogP contribution in [0, 0.1) is 0 Å². The van der Waals surface area contributed by atoms with Crippen LogP contribution in [0.25, 0.3) is 0 Å². The fourth-order valence-corrected chi connectivity index (χ4v) is 2.34. The van der Waals surface area contributed by atoms with Gasteiger partial charge in [0.2, 0.25) is 0 Å². The van der Waals surface area contributed by atoms with Gasteiger partial charge in [0.25, 0.3) is 5.91 Å². The maximum absolute atomic E-state index is 12.1. The second-order valence-electron chi connectivity index (χ2n) is 4.52. The Balaban J connectivity index is 1.93. The number of thiol groups is 1. The van der Waals surface area contributed by atoms with Crippen molar-refractivity contribution in [3.8, 4) is 5.75 Å². The highest BCUT2D eigenvalue weighted by molar-refractivity contribution is 7.80. The average Bonchev–Trinajstić information content (AvgIpc) is 2.49. The van der Waals surface area contributed by atoms with Crippen LogP contribution in [-0.4, -0.2) is 19.6 Å². The highest BCUT2D eigenvalue weighted by atomic mass is 35.5. The molecule has 0 aliphatic rings. The van der Waals surface area contributed by atoms with Gasteiger partial charge in [-0.25, -0.2) is 0 Å². The molecule has 0 spiro atoms. The Kier molecular flexibility index (Phi) is 5.53. The average molecular weight is 322 g/mol. The quantitative estimate of drug-likeness (QED) is 0.826. The van der Waals surface area contributed by atoms with E-state index in [1.54, 1.807) is 25.3 Å². The predicted octanol–water partition coefficient (Wildman–Crippen LogP) is 3.61. The maximum atomic E-state index is 12.1. The summed E-state index contributed by atoms with van der Waals surface area (Å²) >= 11 is 10.2. The van der Waals surface area contributed by atoms with Gasteiger partial charge in [-0.2, -0.15) is 0 Å². The molecule has 110 valence electrons. The van der Waals surface area contributed by atoms with Crippen molar-refractivity contribution in [2.24, 2.45) is 0 Å². The predicted molar refractivity (Wildman–Crippen MR) is 87.7 cm³/mol. The minimum absolute atomic E-state index is 0.196. The van der Waals surface area contributed by atoms with Crippen LogP contribution in [0.2, 0.25) is 5.02 Å². The normalized spacial score (nSPS) is 10.2. The Labute approximate surface area is 134 Å². The summed E-state index contributed by atoms with van der Waals surface area (Å²) in [5.41, 5.74) is 1.54. The van der Waals surface area contributed by atoms with E-state index < -0.39 is 0 Å². The van der Waals surface area contributed by atoms with Crippen molar-refractivity contribution in [1.29, 1.82) is 0 Å². The lowest BCUT2D eigenvalue weighted by molar-refractivity contribution is 0.0954. The molecule has 0 atom stereocenters. The van der Waals surface area contributed by atoms with Crippen LogP contribution in [0.1, 0.15) is 15.9 Å². The second kappa shape index (κ2) is 7.38. The number of hydrogen-bond donors (Lipinski definition) is 2. The van der Waals surface area contributed by atoms with E-state index in [-0.39, 0.29) is 5.91 Å². The van der Waals surface area contributed by atoms with Gasteiger partial charge in [-0.05, 0) is 42.3 Å². The molecule has 21 heavy (non-hydrogen) atoms. The standard InChI is InChI=1S/C16H16ClNO2S/c1-20-12-4-2-3-11(9-12)7-8-18-16(19)14-10-13(21)5-6-15(14)17/h2-6,9-10,21H,7-8H2,1H3,(H,18,19). The van der Waals surface area contributed by atoms with Crippen molar-refractivity contribution in [3.63, 3.8) is 0 Å². The minimum atomic E-state index is -0.196. The molecule has 0 aliphatic heterocycles. The molecule has 0 fully saturated rings. The van der Waals surface area contributed by atoms with Crippen molar-refractivity contribution >= 4 is 30.1 Å². The summed E-state index contributed by atoms with van der Waals surface area (Å²) in [7, 11) is 1.63. The molecular formula is C16H16ClNO2S. The highest BCUT2D eigenvalue weighted by Crippen LogP contribution is 2.19. The smallest absolute Gasteiger partial charge is 0.252 e.